The van der Waals surface area contributed by atoms with E-state index in [2.05, 4.69) is 20.0 Å². The maximum Gasteiger partial charge on any atom is 0.265 e. The van der Waals surface area contributed by atoms with Crippen LogP contribution in [0.5, 0.6) is 0 Å². The van der Waals surface area contributed by atoms with Crippen LogP contribution >= 0.6 is 0 Å². The van der Waals surface area contributed by atoms with Crippen LogP contribution in [0, 0.1) is 0 Å². The average Bonchev–Trinajstić information content (AvgIpc) is 3.31. The molecule has 122 valence electrons. The van der Waals surface area contributed by atoms with E-state index < -0.39 is 0 Å². The molecule has 0 atom stereocenters. The van der Waals surface area contributed by atoms with Gasteiger partial charge >= 0.3 is 0 Å². The maximum atomic E-state index is 5.42. The molecular weight excluding hydrogens is 292 g/mol. The SMILES string of the molecule is CN(C)c1noc(C2CCN(c3ccnc(C4CC4)n3)CC2)n1. The Balaban J connectivity index is 1.41. The van der Waals surface area contributed by atoms with Crippen LogP contribution in [0.15, 0.2) is 16.8 Å². The summed E-state index contributed by atoms with van der Waals surface area (Å²) >= 11 is 0. The first-order valence-corrected chi connectivity index (χ1v) is 8.29. The fourth-order valence-corrected chi connectivity index (χ4v) is 3.01. The largest absolute Gasteiger partial charge is 0.356 e. The Morgan fingerprint density at radius 3 is 2.52 bits per heavy atom. The van der Waals surface area contributed by atoms with Crippen molar-refractivity contribution in [3.05, 3.63) is 24.0 Å². The molecule has 0 spiro atoms. The summed E-state index contributed by atoms with van der Waals surface area (Å²) < 4.78 is 5.42. The molecule has 0 N–H and O–H groups in total. The van der Waals surface area contributed by atoms with E-state index in [0.29, 0.717) is 17.8 Å². The summed E-state index contributed by atoms with van der Waals surface area (Å²) in [6.07, 6.45) is 6.38. The molecule has 0 amide bonds. The molecule has 1 saturated carbocycles. The summed E-state index contributed by atoms with van der Waals surface area (Å²) in [5, 5.41) is 4.01. The van der Waals surface area contributed by atoms with E-state index in [4.69, 9.17) is 9.51 Å². The first-order chi connectivity index (χ1) is 11.2. The Morgan fingerprint density at radius 1 is 1.09 bits per heavy atom. The van der Waals surface area contributed by atoms with Crippen LogP contribution < -0.4 is 9.80 Å². The van der Waals surface area contributed by atoms with Gasteiger partial charge in [0, 0.05) is 45.2 Å². The quantitative estimate of drug-likeness (QED) is 0.856. The molecule has 1 saturated heterocycles. The van der Waals surface area contributed by atoms with Crippen molar-refractivity contribution >= 4 is 11.8 Å². The van der Waals surface area contributed by atoms with Gasteiger partial charge in [0.1, 0.15) is 11.6 Å². The molecule has 7 heteroatoms. The molecule has 0 aromatic carbocycles. The predicted molar refractivity (Wildman–Crippen MR) is 86.8 cm³/mol. The average molecular weight is 314 g/mol. The number of piperidine rings is 1. The number of hydrogen-bond donors (Lipinski definition) is 0. The lowest BCUT2D eigenvalue weighted by molar-refractivity contribution is 0.329. The minimum Gasteiger partial charge on any atom is -0.356 e. The third-order valence-corrected chi connectivity index (χ3v) is 4.60. The highest BCUT2D eigenvalue weighted by atomic mass is 16.5. The topological polar surface area (TPSA) is 71.2 Å². The molecule has 1 aliphatic heterocycles. The minimum atomic E-state index is 0.345. The second-order valence-corrected chi connectivity index (χ2v) is 6.64. The van der Waals surface area contributed by atoms with Gasteiger partial charge in [-0.25, -0.2) is 9.97 Å². The van der Waals surface area contributed by atoms with Crippen LogP contribution in [-0.2, 0) is 0 Å². The Hall–Kier alpha value is -2.18. The molecular formula is C16H22N6O. The lowest BCUT2D eigenvalue weighted by Gasteiger charge is -2.31. The number of nitrogens with zero attached hydrogens (tertiary/aromatic N) is 6. The van der Waals surface area contributed by atoms with Gasteiger partial charge in [0.25, 0.3) is 5.95 Å². The normalized spacial score (nSPS) is 19.1. The number of hydrogen-bond acceptors (Lipinski definition) is 7. The van der Waals surface area contributed by atoms with Gasteiger partial charge in [0.15, 0.2) is 0 Å². The zero-order valence-electron chi connectivity index (χ0n) is 13.6. The van der Waals surface area contributed by atoms with Gasteiger partial charge in [0.2, 0.25) is 5.89 Å². The molecule has 7 nitrogen and oxygen atoms in total. The number of rotatable bonds is 4. The van der Waals surface area contributed by atoms with Gasteiger partial charge < -0.3 is 14.3 Å². The van der Waals surface area contributed by atoms with Crippen molar-refractivity contribution in [3.8, 4) is 0 Å². The Bertz CT molecular complexity index is 673. The van der Waals surface area contributed by atoms with E-state index in [1.54, 1.807) is 0 Å². The summed E-state index contributed by atoms with van der Waals surface area (Å²) in [7, 11) is 3.84. The second kappa shape index (κ2) is 5.79. The summed E-state index contributed by atoms with van der Waals surface area (Å²) in [6, 6.07) is 2.02. The molecule has 2 aromatic heterocycles. The minimum absolute atomic E-state index is 0.345. The molecule has 0 radical (unpaired) electrons. The van der Waals surface area contributed by atoms with Crippen molar-refractivity contribution in [3.63, 3.8) is 0 Å². The fourth-order valence-electron chi connectivity index (χ4n) is 3.01. The van der Waals surface area contributed by atoms with Crippen molar-refractivity contribution in [2.75, 3.05) is 37.0 Å². The first kappa shape index (κ1) is 14.4. The van der Waals surface area contributed by atoms with E-state index in [-0.39, 0.29) is 0 Å². The molecule has 2 aromatic rings. The van der Waals surface area contributed by atoms with Crippen LogP contribution in [0.1, 0.15) is 49.2 Å². The standard InChI is InChI=1S/C16H22N6O/c1-21(2)16-19-15(23-20-16)12-6-9-22(10-7-12)13-5-8-17-14(18-13)11-3-4-11/h5,8,11-12H,3-4,6-7,9-10H2,1-2H3. The fraction of sp³-hybridized carbons (Fsp3) is 0.625. The monoisotopic (exact) mass is 314 g/mol. The van der Waals surface area contributed by atoms with Crippen LogP contribution in [-0.4, -0.2) is 47.3 Å². The highest BCUT2D eigenvalue weighted by Crippen LogP contribution is 2.38. The molecule has 0 unspecified atom stereocenters. The van der Waals surface area contributed by atoms with Gasteiger partial charge in [-0.1, -0.05) is 0 Å². The molecule has 2 aliphatic rings. The van der Waals surface area contributed by atoms with Gasteiger partial charge in [-0.2, -0.15) is 4.98 Å². The molecule has 4 rings (SSSR count). The Morgan fingerprint density at radius 2 is 1.87 bits per heavy atom. The Labute approximate surface area is 135 Å². The van der Waals surface area contributed by atoms with E-state index in [9.17, 15) is 0 Å². The number of aromatic nitrogens is 4. The van der Waals surface area contributed by atoms with Gasteiger partial charge in [0.05, 0.1) is 0 Å². The van der Waals surface area contributed by atoms with E-state index in [1.165, 1.54) is 12.8 Å². The van der Waals surface area contributed by atoms with Crippen LogP contribution in [0.3, 0.4) is 0 Å². The lowest BCUT2D eigenvalue weighted by Crippen LogP contribution is -2.33. The van der Waals surface area contributed by atoms with Gasteiger partial charge in [-0.3, -0.25) is 0 Å². The second-order valence-electron chi connectivity index (χ2n) is 6.64. The van der Waals surface area contributed by atoms with Crippen molar-refractivity contribution < 1.29 is 4.52 Å². The third-order valence-electron chi connectivity index (χ3n) is 4.60. The predicted octanol–water partition coefficient (Wildman–Crippen LogP) is 2.19. The van der Waals surface area contributed by atoms with Crippen LogP contribution in [0.25, 0.3) is 0 Å². The van der Waals surface area contributed by atoms with E-state index in [0.717, 1.165) is 43.5 Å². The van der Waals surface area contributed by atoms with Crippen molar-refractivity contribution in [1.29, 1.82) is 0 Å². The molecule has 23 heavy (non-hydrogen) atoms. The summed E-state index contributed by atoms with van der Waals surface area (Å²) in [4.78, 5) is 17.8. The van der Waals surface area contributed by atoms with E-state index >= 15 is 0 Å². The van der Waals surface area contributed by atoms with Crippen molar-refractivity contribution in [2.24, 2.45) is 0 Å². The number of anilines is 2. The molecule has 3 heterocycles. The summed E-state index contributed by atoms with van der Waals surface area (Å²) in [6.45, 7) is 1.93. The lowest BCUT2D eigenvalue weighted by atomic mass is 9.97. The zero-order chi connectivity index (χ0) is 15.8. The molecule has 2 fully saturated rings. The van der Waals surface area contributed by atoms with E-state index in [1.807, 2.05) is 31.3 Å². The molecule has 1 aliphatic carbocycles. The molecule has 0 bridgehead atoms. The maximum absolute atomic E-state index is 5.42. The smallest absolute Gasteiger partial charge is 0.265 e. The zero-order valence-corrected chi connectivity index (χ0v) is 13.6. The summed E-state index contributed by atoms with van der Waals surface area (Å²) in [5.41, 5.74) is 0. The Kier molecular flexibility index (Phi) is 3.63. The van der Waals surface area contributed by atoms with Crippen molar-refractivity contribution in [2.45, 2.75) is 37.5 Å². The van der Waals surface area contributed by atoms with Gasteiger partial charge in [-0.15, -0.1) is 0 Å². The summed E-state index contributed by atoms with van der Waals surface area (Å²) in [5.74, 6) is 4.41. The highest BCUT2D eigenvalue weighted by molar-refractivity contribution is 5.39. The third kappa shape index (κ3) is 3.00. The van der Waals surface area contributed by atoms with Crippen LogP contribution in [0.2, 0.25) is 0 Å². The highest BCUT2D eigenvalue weighted by Gasteiger charge is 2.29. The van der Waals surface area contributed by atoms with Crippen LogP contribution in [0.4, 0.5) is 11.8 Å². The first-order valence-electron chi connectivity index (χ1n) is 8.29. The van der Waals surface area contributed by atoms with Crippen molar-refractivity contribution in [1.82, 2.24) is 20.1 Å². The van der Waals surface area contributed by atoms with Gasteiger partial charge in [-0.05, 0) is 36.9 Å².